The minimum Gasteiger partial charge on any atom is -0.507 e. The van der Waals surface area contributed by atoms with Crippen LogP contribution in [0.25, 0.3) is 0 Å². The van der Waals surface area contributed by atoms with Gasteiger partial charge in [-0.2, -0.15) is 0 Å². The van der Waals surface area contributed by atoms with Gasteiger partial charge < -0.3 is 10.0 Å². The molecule has 0 atom stereocenters. The van der Waals surface area contributed by atoms with Crippen molar-refractivity contribution >= 4 is 21.8 Å². The zero-order valence-electron chi connectivity index (χ0n) is 14.4. The minimum absolute atomic E-state index is 0.0363. The van der Waals surface area contributed by atoms with E-state index in [1.165, 1.54) is 11.1 Å². The fraction of sp³-hybridized carbons (Fsp3) is 0.350. The Kier molecular flexibility index (Phi) is 5.76. The highest BCUT2D eigenvalue weighted by atomic mass is 79.9. The Bertz CT molecular complexity index is 763. The molecule has 1 aliphatic heterocycles. The number of carbonyl (C=O) groups excluding carboxylic acids is 1. The number of phenols is 1. The maximum Gasteiger partial charge on any atom is 0.257 e. The van der Waals surface area contributed by atoms with Crippen LogP contribution in [0.15, 0.2) is 46.9 Å². The van der Waals surface area contributed by atoms with Crippen LogP contribution in [0.5, 0.6) is 5.75 Å². The zero-order valence-corrected chi connectivity index (χ0v) is 16.0. The number of rotatable bonds is 3. The van der Waals surface area contributed by atoms with Crippen molar-refractivity contribution in [2.75, 3.05) is 26.2 Å². The number of carbonyl (C=O) groups is 1. The second-order valence-electron chi connectivity index (χ2n) is 6.51. The van der Waals surface area contributed by atoms with E-state index in [1.54, 1.807) is 18.2 Å². The van der Waals surface area contributed by atoms with Gasteiger partial charge in [-0.05, 0) is 42.7 Å². The number of nitrogens with zero attached hydrogens (tertiary/aromatic N) is 2. The Labute approximate surface area is 157 Å². The summed E-state index contributed by atoms with van der Waals surface area (Å²) in [5, 5.41) is 10.0. The van der Waals surface area contributed by atoms with Crippen molar-refractivity contribution in [1.82, 2.24) is 9.80 Å². The highest BCUT2D eigenvalue weighted by Crippen LogP contribution is 2.24. The Morgan fingerprint density at radius 2 is 1.92 bits per heavy atom. The lowest BCUT2D eigenvalue weighted by Crippen LogP contribution is -2.35. The SMILES string of the molecule is Cc1ccccc1CN1CCCN(C(=O)c2cc(Br)ccc2O)CC1. The highest BCUT2D eigenvalue weighted by Gasteiger charge is 2.22. The Morgan fingerprint density at radius 1 is 1.12 bits per heavy atom. The quantitative estimate of drug-likeness (QED) is 0.848. The van der Waals surface area contributed by atoms with Crippen molar-refractivity contribution in [1.29, 1.82) is 0 Å². The Hall–Kier alpha value is -1.85. The van der Waals surface area contributed by atoms with Gasteiger partial charge in [0, 0.05) is 37.2 Å². The molecule has 1 fully saturated rings. The number of phenolic OH excluding ortho intramolecular Hbond substituents is 1. The first-order chi connectivity index (χ1) is 12.0. The summed E-state index contributed by atoms with van der Waals surface area (Å²) >= 11 is 3.37. The maximum absolute atomic E-state index is 12.8. The van der Waals surface area contributed by atoms with Crippen molar-refractivity contribution < 1.29 is 9.90 Å². The summed E-state index contributed by atoms with van der Waals surface area (Å²) in [4.78, 5) is 17.0. The average molecular weight is 403 g/mol. The number of halogens is 1. The summed E-state index contributed by atoms with van der Waals surface area (Å²) in [5.74, 6) is -0.0641. The first kappa shape index (κ1) is 18.0. The molecule has 2 aromatic carbocycles. The van der Waals surface area contributed by atoms with E-state index in [9.17, 15) is 9.90 Å². The van der Waals surface area contributed by atoms with Gasteiger partial charge in [0.05, 0.1) is 5.56 Å². The molecular formula is C20H23BrN2O2. The smallest absolute Gasteiger partial charge is 0.257 e. The number of aromatic hydroxyl groups is 1. The highest BCUT2D eigenvalue weighted by molar-refractivity contribution is 9.10. The first-order valence-corrected chi connectivity index (χ1v) is 9.38. The van der Waals surface area contributed by atoms with Crippen LogP contribution in [0, 0.1) is 6.92 Å². The van der Waals surface area contributed by atoms with Crippen molar-refractivity contribution in [2.45, 2.75) is 19.9 Å². The third-order valence-corrected chi connectivity index (χ3v) is 5.21. The average Bonchev–Trinajstić information content (AvgIpc) is 2.84. The molecule has 0 radical (unpaired) electrons. The number of hydrogen-bond donors (Lipinski definition) is 1. The third kappa shape index (κ3) is 4.41. The fourth-order valence-electron chi connectivity index (χ4n) is 3.21. The van der Waals surface area contributed by atoms with Gasteiger partial charge in [-0.3, -0.25) is 9.69 Å². The largest absolute Gasteiger partial charge is 0.507 e. The standard InChI is InChI=1S/C20H23BrN2O2/c1-15-5-2-3-6-16(15)14-22-9-4-10-23(12-11-22)20(25)18-13-17(21)7-8-19(18)24/h2-3,5-8,13,24H,4,9-12,14H2,1H3. The number of amides is 1. The second-order valence-corrected chi connectivity index (χ2v) is 7.43. The van der Waals surface area contributed by atoms with E-state index in [2.05, 4.69) is 52.0 Å². The van der Waals surface area contributed by atoms with Crippen LogP contribution in [0.2, 0.25) is 0 Å². The van der Waals surface area contributed by atoms with E-state index in [-0.39, 0.29) is 11.7 Å². The van der Waals surface area contributed by atoms with Gasteiger partial charge in [0.1, 0.15) is 5.75 Å². The number of aryl methyl sites for hydroxylation is 1. The molecule has 0 spiro atoms. The van der Waals surface area contributed by atoms with Gasteiger partial charge in [-0.25, -0.2) is 0 Å². The van der Waals surface area contributed by atoms with Crippen LogP contribution in [0.3, 0.4) is 0 Å². The van der Waals surface area contributed by atoms with Crippen molar-refractivity contribution in [3.8, 4) is 5.75 Å². The fourth-order valence-corrected chi connectivity index (χ4v) is 3.57. The van der Waals surface area contributed by atoms with Crippen LogP contribution in [-0.2, 0) is 6.54 Å². The summed E-state index contributed by atoms with van der Waals surface area (Å²) in [6, 6.07) is 13.4. The van der Waals surface area contributed by atoms with Crippen LogP contribution < -0.4 is 0 Å². The monoisotopic (exact) mass is 402 g/mol. The van der Waals surface area contributed by atoms with E-state index in [0.29, 0.717) is 12.1 Å². The molecule has 0 aromatic heterocycles. The molecule has 2 aromatic rings. The number of benzene rings is 2. The summed E-state index contributed by atoms with van der Waals surface area (Å²) in [6.07, 6.45) is 0.937. The molecule has 1 saturated heterocycles. The molecule has 1 heterocycles. The van der Waals surface area contributed by atoms with E-state index >= 15 is 0 Å². The normalized spacial score (nSPS) is 15.8. The summed E-state index contributed by atoms with van der Waals surface area (Å²) in [5.41, 5.74) is 3.01. The molecule has 4 nitrogen and oxygen atoms in total. The predicted octanol–water partition coefficient (Wildman–Crippen LogP) is 3.81. The lowest BCUT2D eigenvalue weighted by Gasteiger charge is -2.23. The molecule has 0 saturated carbocycles. The van der Waals surface area contributed by atoms with E-state index < -0.39 is 0 Å². The molecule has 3 rings (SSSR count). The van der Waals surface area contributed by atoms with Gasteiger partial charge in [0.2, 0.25) is 0 Å². The third-order valence-electron chi connectivity index (χ3n) is 4.72. The van der Waals surface area contributed by atoms with Crippen LogP contribution in [0.4, 0.5) is 0 Å². The molecule has 0 unspecified atom stereocenters. The molecule has 0 bridgehead atoms. The molecule has 1 aliphatic rings. The van der Waals surface area contributed by atoms with Crippen LogP contribution in [-0.4, -0.2) is 47.0 Å². The maximum atomic E-state index is 12.8. The molecule has 1 amide bonds. The van der Waals surface area contributed by atoms with E-state index in [1.807, 2.05) is 4.90 Å². The zero-order chi connectivity index (χ0) is 17.8. The van der Waals surface area contributed by atoms with Gasteiger partial charge >= 0.3 is 0 Å². The number of hydrogen-bond acceptors (Lipinski definition) is 3. The topological polar surface area (TPSA) is 43.8 Å². The summed E-state index contributed by atoms with van der Waals surface area (Å²) in [7, 11) is 0. The first-order valence-electron chi connectivity index (χ1n) is 8.59. The molecule has 0 aliphatic carbocycles. The van der Waals surface area contributed by atoms with E-state index in [0.717, 1.165) is 37.1 Å². The van der Waals surface area contributed by atoms with E-state index in [4.69, 9.17) is 0 Å². The Morgan fingerprint density at radius 3 is 2.72 bits per heavy atom. The van der Waals surface area contributed by atoms with Gasteiger partial charge in [0.15, 0.2) is 0 Å². The van der Waals surface area contributed by atoms with Crippen molar-refractivity contribution in [2.24, 2.45) is 0 Å². The van der Waals surface area contributed by atoms with Crippen LogP contribution in [0.1, 0.15) is 27.9 Å². The van der Waals surface area contributed by atoms with Crippen LogP contribution >= 0.6 is 15.9 Å². The summed E-state index contributed by atoms with van der Waals surface area (Å²) < 4.78 is 0.796. The van der Waals surface area contributed by atoms with Gasteiger partial charge in [0.25, 0.3) is 5.91 Å². The predicted molar refractivity (Wildman–Crippen MR) is 103 cm³/mol. The Balaban J connectivity index is 1.66. The minimum atomic E-state index is -0.100. The molecule has 25 heavy (non-hydrogen) atoms. The molecule has 132 valence electrons. The molecule has 5 heteroatoms. The summed E-state index contributed by atoms with van der Waals surface area (Å²) in [6.45, 7) is 6.26. The second kappa shape index (κ2) is 8.02. The van der Waals surface area contributed by atoms with Crippen molar-refractivity contribution in [3.05, 3.63) is 63.6 Å². The molecule has 1 N–H and O–H groups in total. The van der Waals surface area contributed by atoms with Gasteiger partial charge in [-0.15, -0.1) is 0 Å². The van der Waals surface area contributed by atoms with Crippen molar-refractivity contribution in [3.63, 3.8) is 0 Å². The van der Waals surface area contributed by atoms with Gasteiger partial charge in [-0.1, -0.05) is 40.2 Å². The molecular weight excluding hydrogens is 380 g/mol. The lowest BCUT2D eigenvalue weighted by molar-refractivity contribution is 0.0758. The lowest BCUT2D eigenvalue weighted by atomic mass is 10.1.